The Morgan fingerprint density at radius 3 is 2.60 bits per heavy atom. The lowest BCUT2D eigenvalue weighted by molar-refractivity contribution is 0.0696. The lowest BCUT2D eigenvalue weighted by Gasteiger charge is -2.11. The first-order valence-electron chi connectivity index (χ1n) is 8.96. The molecule has 3 N–H and O–H groups in total. The molecule has 3 aromatic rings. The smallest absolute Gasteiger partial charge is 0.338 e. The molecule has 2 heterocycles. The van der Waals surface area contributed by atoms with Crippen molar-refractivity contribution in [1.82, 2.24) is 9.55 Å². The average molecular weight is 436 g/mol. The standard InChI is InChI=1S/C19H20F2N3O5Si/c1-30(2)6-5-28-10-24-9-12(19(25)26)16-15(3-4-22-18(16)24)29-17-13(20)7-11(23-27)8-14(17)21/h3-4,7-9,23,27H,5-6,10H2,1-2H3,(H,25,26). The number of rotatable bonds is 9. The fourth-order valence-electron chi connectivity index (χ4n) is 2.80. The normalized spacial score (nSPS) is 11.3. The largest absolute Gasteiger partial charge is 0.478 e. The maximum atomic E-state index is 14.2. The van der Waals surface area contributed by atoms with Crippen LogP contribution < -0.4 is 10.2 Å². The van der Waals surface area contributed by atoms with Gasteiger partial charge in [-0.05, 0) is 12.1 Å². The molecular weight excluding hydrogens is 416 g/mol. The number of benzene rings is 1. The Labute approximate surface area is 172 Å². The van der Waals surface area contributed by atoms with Crippen molar-refractivity contribution in [3.63, 3.8) is 0 Å². The van der Waals surface area contributed by atoms with Crippen LogP contribution in [0.15, 0.2) is 30.6 Å². The summed E-state index contributed by atoms with van der Waals surface area (Å²) in [5.41, 5.74) is 1.56. The molecule has 159 valence electrons. The van der Waals surface area contributed by atoms with Crippen LogP contribution in [0.5, 0.6) is 11.5 Å². The summed E-state index contributed by atoms with van der Waals surface area (Å²) in [7, 11) is -0.448. The van der Waals surface area contributed by atoms with E-state index in [0.717, 1.165) is 18.2 Å². The molecule has 2 aromatic heterocycles. The number of pyridine rings is 1. The van der Waals surface area contributed by atoms with Crippen molar-refractivity contribution in [2.45, 2.75) is 25.9 Å². The van der Waals surface area contributed by atoms with E-state index in [9.17, 15) is 18.7 Å². The number of carbonyl (C=O) groups is 1. The van der Waals surface area contributed by atoms with Gasteiger partial charge in [0, 0.05) is 39.9 Å². The Bertz CT molecular complexity index is 1050. The summed E-state index contributed by atoms with van der Waals surface area (Å²) in [6, 6.07) is 3.94. The summed E-state index contributed by atoms with van der Waals surface area (Å²) in [5.74, 6) is -4.21. The lowest BCUT2D eigenvalue weighted by atomic mass is 10.2. The molecule has 0 saturated heterocycles. The lowest BCUT2D eigenvalue weighted by Crippen LogP contribution is -2.08. The number of fused-ring (bicyclic) bond motifs is 1. The summed E-state index contributed by atoms with van der Waals surface area (Å²) in [5, 5.41) is 18.5. The Kier molecular flexibility index (Phi) is 6.65. The third-order valence-electron chi connectivity index (χ3n) is 4.27. The van der Waals surface area contributed by atoms with Gasteiger partial charge in [0.2, 0.25) is 0 Å². The van der Waals surface area contributed by atoms with Crippen LogP contribution in [-0.4, -0.2) is 41.2 Å². The van der Waals surface area contributed by atoms with Gasteiger partial charge in [-0.1, -0.05) is 13.1 Å². The zero-order valence-corrected chi connectivity index (χ0v) is 17.3. The zero-order chi connectivity index (χ0) is 21.8. The van der Waals surface area contributed by atoms with Gasteiger partial charge in [0.25, 0.3) is 0 Å². The highest BCUT2D eigenvalue weighted by Gasteiger charge is 2.22. The fraction of sp³-hybridized carbons (Fsp3) is 0.263. The molecule has 3 rings (SSSR count). The van der Waals surface area contributed by atoms with Crippen molar-refractivity contribution >= 4 is 31.5 Å². The number of aromatic carboxylic acids is 1. The minimum atomic E-state index is -1.25. The molecule has 0 saturated carbocycles. The number of aromatic nitrogens is 2. The van der Waals surface area contributed by atoms with Gasteiger partial charge in [0.15, 0.2) is 17.4 Å². The van der Waals surface area contributed by atoms with Gasteiger partial charge in [0.05, 0.1) is 16.6 Å². The van der Waals surface area contributed by atoms with E-state index in [-0.39, 0.29) is 34.8 Å². The Morgan fingerprint density at radius 2 is 2.00 bits per heavy atom. The summed E-state index contributed by atoms with van der Waals surface area (Å²) < 4.78 is 41.0. The molecular formula is C19H20F2N3O5Si. The summed E-state index contributed by atoms with van der Waals surface area (Å²) in [6.45, 7) is 4.93. The summed E-state index contributed by atoms with van der Waals surface area (Å²) in [4.78, 5) is 15.9. The second-order valence-electron chi connectivity index (χ2n) is 6.80. The maximum absolute atomic E-state index is 14.2. The van der Waals surface area contributed by atoms with Gasteiger partial charge < -0.3 is 19.1 Å². The molecule has 0 fully saturated rings. The average Bonchev–Trinajstić information content (AvgIpc) is 3.07. The van der Waals surface area contributed by atoms with Crippen LogP contribution in [0, 0.1) is 11.6 Å². The number of nitrogens with one attached hydrogen (secondary N) is 1. The van der Waals surface area contributed by atoms with E-state index < -0.39 is 32.1 Å². The third-order valence-corrected chi connectivity index (χ3v) is 5.47. The van der Waals surface area contributed by atoms with E-state index in [4.69, 9.17) is 14.7 Å². The number of anilines is 1. The van der Waals surface area contributed by atoms with Crippen molar-refractivity contribution in [3.05, 3.63) is 47.8 Å². The SMILES string of the molecule is C[Si](C)CCOCn1cc(C(=O)O)c2c(Oc3c(F)cc(NO)cc3F)ccnc21. The maximum Gasteiger partial charge on any atom is 0.338 e. The number of nitrogens with zero attached hydrogens (tertiary/aromatic N) is 2. The molecule has 0 aliphatic rings. The molecule has 8 nitrogen and oxygen atoms in total. The number of hydrogen-bond acceptors (Lipinski definition) is 6. The van der Waals surface area contributed by atoms with E-state index >= 15 is 0 Å². The van der Waals surface area contributed by atoms with Gasteiger partial charge in [-0.3, -0.25) is 10.7 Å². The predicted octanol–water partition coefficient (Wildman–Crippen LogP) is 4.33. The molecule has 30 heavy (non-hydrogen) atoms. The first-order valence-corrected chi connectivity index (χ1v) is 11.7. The van der Waals surface area contributed by atoms with E-state index in [1.807, 2.05) is 0 Å². The van der Waals surface area contributed by atoms with Crippen molar-refractivity contribution in [1.29, 1.82) is 0 Å². The first kappa shape index (κ1) is 21.7. The molecule has 1 aromatic carbocycles. The summed E-state index contributed by atoms with van der Waals surface area (Å²) >= 11 is 0. The van der Waals surface area contributed by atoms with Crippen molar-refractivity contribution in [2.75, 3.05) is 12.1 Å². The van der Waals surface area contributed by atoms with Crippen LogP contribution in [0.4, 0.5) is 14.5 Å². The second-order valence-corrected chi connectivity index (χ2v) is 9.72. The van der Waals surface area contributed by atoms with Gasteiger partial charge >= 0.3 is 5.97 Å². The monoisotopic (exact) mass is 436 g/mol. The minimum absolute atomic E-state index is 0.0775. The molecule has 0 atom stereocenters. The Morgan fingerprint density at radius 1 is 1.30 bits per heavy atom. The Balaban J connectivity index is 1.99. The number of halogens is 2. The summed E-state index contributed by atoms with van der Waals surface area (Å²) in [6.07, 6.45) is 2.69. The van der Waals surface area contributed by atoms with Crippen LogP contribution in [-0.2, 0) is 11.5 Å². The molecule has 0 unspecified atom stereocenters. The van der Waals surface area contributed by atoms with Gasteiger partial charge in [-0.25, -0.2) is 18.6 Å². The molecule has 0 aliphatic heterocycles. The van der Waals surface area contributed by atoms with Crippen LogP contribution in [0.3, 0.4) is 0 Å². The topological polar surface area (TPSA) is 106 Å². The van der Waals surface area contributed by atoms with E-state index in [1.54, 1.807) is 5.48 Å². The Hall–Kier alpha value is -3.02. The third kappa shape index (κ3) is 4.58. The first-order chi connectivity index (χ1) is 14.3. The van der Waals surface area contributed by atoms with Crippen LogP contribution in [0.1, 0.15) is 10.4 Å². The zero-order valence-electron chi connectivity index (χ0n) is 16.3. The fourth-order valence-corrected chi connectivity index (χ4v) is 3.36. The van der Waals surface area contributed by atoms with E-state index in [2.05, 4.69) is 18.1 Å². The molecule has 0 aliphatic carbocycles. The van der Waals surface area contributed by atoms with Crippen molar-refractivity contribution < 1.29 is 33.4 Å². The molecule has 1 radical (unpaired) electrons. The predicted molar refractivity (Wildman–Crippen MR) is 107 cm³/mol. The van der Waals surface area contributed by atoms with Gasteiger partial charge in [0.1, 0.15) is 18.1 Å². The van der Waals surface area contributed by atoms with Crippen molar-refractivity contribution in [3.8, 4) is 11.5 Å². The number of ether oxygens (including phenoxy) is 2. The van der Waals surface area contributed by atoms with Crippen LogP contribution in [0.2, 0.25) is 19.1 Å². The minimum Gasteiger partial charge on any atom is -0.478 e. The number of carboxylic acids is 1. The molecule has 11 heteroatoms. The molecule has 0 amide bonds. The quantitative estimate of drug-likeness (QED) is 0.260. The van der Waals surface area contributed by atoms with Crippen LogP contribution in [0.25, 0.3) is 11.0 Å². The van der Waals surface area contributed by atoms with E-state index in [0.29, 0.717) is 6.61 Å². The highest BCUT2D eigenvalue weighted by molar-refractivity contribution is 6.55. The molecule has 0 spiro atoms. The van der Waals surface area contributed by atoms with E-state index in [1.165, 1.54) is 23.0 Å². The highest BCUT2D eigenvalue weighted by atomic mass is 28.3. The van der Waals surface area contributed by atoms with Crippen molar-refractivity contribution in [2.24, 2.45) is 0 Å². The van der Waals surface area contributed by atoms with Gasteiger partial charge in [-0.15, -0.1) is 0 Å². The van der Waals surface area contributed by atoms with Gasteiger partial charge in [-0.2, -0.15) is 0 Å². The highest BCUT2D eigenvalue weighted by Crippen LogP contribution is 2.36. The van der Waals surface area contributed by atoms with Crippen LogP contribution >= 0.6 is 0 Å². The number of carboxylic acid groups (broad SMARTS) is 1. The second kappa shape index (κ2) is 9.20. The molecule has 0 bridgehead atoms. The number of hydrogen-bond donors (Lipinski definition) is 3.